The molecule has 0 bridgehead atoms. The van der Waals surface area contributed by atoms with Crippen molar-refractivity contribution >= 4 is 28.3 Å². The number of halogens is 1. The highest BCUT2D eigenvalue weighted by atomic mass is 35.5. The van der Waals surface area contributed by atoms with Gasteiger partial charge in [0, 0.05) is 18.7 Å². The molecule has 0 spiro atoms. The number of carbonyl (C=O) groups is 1. The molecule has 1 saturated heterocycles. The maximum atomic E-state index is 12.6. The Morgan fingerprint density at radius 3 is 2.30 bits per heavy atom. The van der Waals surface area contributed by atoms with Crippen molar-refractivity contribution in [1.29, 1.82) is 0 Å². The molecule has 0 radical (unpaired) electrons. The fourth-order valence-corrected chi connectivity index (χ4v) is 4.20. The smallest absolute Gasteiger partial charge is 0.248 e. The second kappa shape index (κ2) is 8.63. The topological polar surface area (TPSA) is 92.5 Å². The molecule has 0 atom stereocenters. The van der Waals surface area contributed by atoms with E-state index in [1.165, 1.54) is 28.6 Å². The first kappa shape index (κ1) is 19.9. The van der Waals surface area contributed by atoms with Crippen LogP contribution in [-0.2, 0) is 10.0 Å². The molecule has 0 unspecified atom stereocenters. The van der Waals surface area contributed by atoms with Gasteiger partial charge in [0.2, 0.25) is 15.9 Å². The zero-order valence-corrected chi connectivity index (χ0v) is 14.8. The first-order valence-electron chi connectivity index (χ1n) is 7.49. The monoisotopic (exact) mass is 361 g/mol. The van der Waals surface area contributed by atoms with Gasteiger partial charge in [0.1, 0.15) is 0 Å². The minimum absolute atomic E-state index is 0. The number of nitrogens with two attached hydrogens (primary N) is 1. The number of benzene rings is 1. The standard InChI is InChI=1S/C15H23N3O3S.ClH/c1-17-9-6-12-7-10-18(11-8-12)22(20,21)14-4-2-13(3-5-14)15(16)19;/h2-5,12,17H,6-11H2,1H3,(H2,16,19);1H. The number of amides is 1. The maximum Gasteiger partial charge on any atom is 0.248 e. The van der Waals surface area contributed by atoms with Gasteiger partial charge in [-0.3, -0.25) is 4.79 Å². The lowest BCUT2D eigenvalue weighted by molar-refractivity contribution is 0.1000. The van der Waals surface area contributed by atoms with Crippen molar-refractivity contribution in [2.24, 2.45) is 11.7 Å². The van der Waals surface area contributed by atoms with Crippen molar-refractivity contribution in [3.8, 4) is 0 Å². The maximum absolute atomic E-state index is 12.6. The van der Waals surface area contributed by atoms with Crippen LogP contribution in [0.15, 0.2) is 29.2 Å². The van der Waals surface area contributed by atoms with Gasteiger partial charge in [-0.15, -0.1) is 12.4 Å². The van der Waals surface area contributed by atoms with E-state index < -0.39 is 15.9 Å². The molecule has 2 rings (SSSR count). The molecule has 6 nitrogen and oxygen atoms in total. The molecule has 23 heavy (non-hydrogen) atoms. The van der Waals surface area contributed by atoms with Gasteiger partial charge in [-0.25, -0.2) is 8.42 Å². The largest absolute Gasteiger partial charge is 0.366 e. The molecular formula is C15H24ClN3O3S. The molecule has 3 N–H and O–H groups in total. The van der Waals surface area contributed by atoms with E-state index in [4.69, 9.17) is 5.73 Å². The summed E-state index contributed by atoms with van der Waals surface area (Å²) in [5.74, 6) is 0.0189. The van der Waals surface area contributed by atoms with Crippen LogP contribution in [-0.4, -0.2) is 45.3 Å². The third kappa shape index (κ3) is 4.91. The Morgan fingerprint density at radius 2 is 1.83 bits per heavy atom. The van der Waals surface area contributed by atoms with Gasteiger partial charge >= 0.3 is 0 Å². The van der Waals surface area contributed by atoms with Crippen LogP contribution >= 0.6 is 12.4 Å². The Morgan fingerprint density at radius 1 is 1.26 bits per heavy atom. The molecule has 1 aromatic rings. The first-order valence-corrected chi connectivity index (χ1v) is 8.94. The van der Waals surface area contributed by atoms with Crippen LogP contribution in [0.4, 0.5) is 0 Å². The number of piperidine rings is 1. The number of hydrogen-bond acceptors (Lipinski definition) is 4. The van der Waals surface area contributed by atoms with Crippen LogP contribution in [0, 0.1) is 5.92 Å². The van der Waals surface area contributed by atoms with Crippen molar-refractivity contribution in [3.63, 3.8) is 0 Å². The first-order chi connectivity index (χ1) is 10.4. The predicted octanol–water partition coefficient (Wildman–Crippen LogP) is 1.22. The van der Waals surface area contributed by atoms with E-state index in [1.54, 1.807) is 0 Å². The highest BCUT2D eigenvalue weighted by Gasteiger charge is 2.29. The van der Waals surface area contributed by atoms with Crippen LogP contribution in [0.2, 0.25) is 0 Å². The fraction of sp³-hybridized carbons (Fsp3) is 0.533. The van der Waals surface area contributed by atoms with Gasteiger partial charge in [0.15, 0.2) is 0 Å². The lowest BCUT2D eigenvalue weighted by atomic mass is 9.95. The average molecular weight is 362 g/mol. The number of carbonyl (C=O) groups excluding carboxylic acids is 1. The molecule has 0 saturated carbocycles. The van der Waals surface area contributed by atoms with Gasteiger partial charge in [0.25, 0.3) is 0 Å². The number of nitrogens with zero attached hydrogens (tertiary/aromatic N) is 1. The van der Waals surface area contributed by atoms with E-state index in [9.17, 15) is 13.2 Å². The van der Waals surface area contributed by atoms with Gasteiger partial charge < -0.3 is 11.1 Å². The summed E-state index contributed by atoms with van der Waals surface area (Å²) in [4.78, 5) is 11.3. The van der Waals surface area contributed by atoms with Crippen molar-refractivity contribution in [3.05, 3.63) is 29.8 Å². The molecule has 1 aliphatic rings. The minimum Gasteiger partial charge on any atom is -0.366 e. The third-order valence-corrected chi connectivity index (χ3v) is 6.07. The molecular weight excluding hydrogens is 338 g/mol. The summed E-state index contributed by atoms with van der Waals surface area (Å²) >= 11 is 0. The molecule has 8 heteroatoms. The van der Waals surface area contributed by atoms with Crippen molar-refractivity contribution in [1.82, 2.24) is 9.62 Å². The fourth-order valence-electron chi connectivity index (χ4n) is 2.73. The lowest BCUT2D eigenvalue weighted by Crippen LogP contribution is -2.38. The summed E-state index contributed by atoms with van der Waals surface area (Å²) in [7, 11) is -1.56. The molecule has 1 fully saturated rings. The molecule has 1 amide bonds. The molecule has 1 aromatic carbocycles. The second-order valence-corrected chi connectivity index (χ2v) is 7.57. The number of hydrogen-bond donors (Lipinski definition) is 2. The van der Waals surface area contributed by atoms with Crippen molar-refractivity contribution in [2.75, 3.05) is 26.7 Å². The van der Waals surface area contributed by atoms with Crippen molar-refractivity contribution in [2.45, 2.75) is 24.2 Å². The van der Waals surface area contributed by atoms with Gasteiger partial charge in [-0.1, -0.05) is 0 Å². The summed E-state index contributed by atoms with van der Waals surface area (Å²) in [6, 6.07) is 5.80. The van der Waals surface area contributed by atoms with E-state index in [2.05, 4.69) is 5.32 Å². The summed E-state index contributed by atoms with van der Waals surface area (Å²) in [5, 5.41) is 3.13. The van der Waals surface area contributed by atoms with Crippen LogP contribution in [0.3, 0.4) is 0 Å². The summed E-state index contributed by atoms with van der Waals surface area (Å²) < 4.78 is 26.7. The van der Waals surface area contributed by atoms with Crippen LogP contribution in [0.5, 0.6) is 0 Å². The van der Waals surface area contributed by atoms with E-state index in [0.29, 0.717) is 24.6 Å². The zero-order chi connectivity index (χ0) is 16.2. The van der Waals surface area contributed by atoms with Crippen LogP contribution < -0.4 is 11.1 Å². The molecule has 0 aliphatic carbocycles. The van der Waals surface area contributed by atoms with Gasteiger partial charge in [-0.05, 0) is 63.0 Å². The zero-order valence-electron chi connectivity index (χ0n) is 13.2. The second-order valence-electron chi connectivity index (χ2n) is 5.63. The van der Waals surface area contributed by atoms with E-state index in [1.807, 2.05) is 7.05 Å². The lowest BCUT2D eigenvalue weighted by Gasteiger charge is -2.31. The van der Waals surface area contributed by atoms with E-state index in [-0.39, 0.29) is 17.3 Å². The Bertz CT molecular complexity index is 611. The summed E-state index contributed by atoms with van der Waals surface area (Å²) in [6.45, 7) is 2.06. The molecule has 1 aliphatic heterocycles. The Labute approximate surface area is 143 Å². The highest BCUT2D eigenvalue weighted by Crippen LogP contribution is 2.25. The van der Waals surface area contributed by atoms with Crippen LogP contribution in [0.25, 0.3) is 0 Å². The normalized spacial score (nSPS) is 16.7. The van der Waals surface area contributed by atoms with E-state index >= 15 is 0 Å². The average Bonchev–Trinajstić information content (AvgIpc) is 2.53. The Hall–Kier alpha value is -1.15. The highest BCUT2D eigenvalue weighted by molar-refractivity contribution is 7.89. The molecule has 130 valence electrons. The number of primary amides is 1. The Kier molecular flexibility index (Phi) is 7.47. The number of nitrogens with one attached hydrogen (secondary N) is 1. The number of sulfonamides is 1. The molecule has 0 aromatic heterocycles. The third-order valence-electron chi connectivity index (χ3n) is 4.15. The quantitative estimate of drug-likeness (QED) is 0.796. The van der Waals surface area contributed by atoms with Crippen LogP contribution in [0.1, 0.15) is 29.6 Å². The van der Waals surface area contributed by atoms with Crippen molar-refractivity contribution < 1.29 is 13.2 Å². The summed E-state index contributed by atoms with van der Waals surface area (Å²) in [6.07, 6.45) is 2.86. The van der Waals surface area contributed by atoms with E-state index in [0.717, 1.165) is 25.8 Å². The minimum atomic E-state index is -3.48. The Balaban J connectivity index is 0.00000264. The number of rotatable bonds is 6. The SMILES string of the molecule is CNCCC1CCN(S(=O)(=O)c2ccc(C(N)=O)cc2)CC1.Cl. The molecule has 1 heterocycles. The predicted molar refractivity (Wildman–Crippen MR) is 92.2 cm³/mol. The van der Waals surface area contributed by atoms with Gasteiger partial charge in [-0.2, -0.15) is 4.31 Å². The van der Waals surface area contributed by atoms with Gasteiger partial charge in [0.05, 0.1) is 4.90 Å². The summed E-state index contributed by atoms with van der Waals surface area (Å²) in [5.41, 5.74) is 5.48.